The molecule has 0 aromatic heterocycles. The average molecular weight is 453 g/mol. The third kappa shape index (κ3) is 5.06. The van der Waals surface area contributed by atoms with Gasteiger partial charge in [0.25, 0.3) is 0 Å². The van der Waals surface area contributed by atoms with Crippen LogP contribution >= 0.6 is 11.9 Å². The van der Waals surface area contributed by atoms with Gasteiger partial charge in [-0.15, -0.1) is 0 Å². The number of halogens is 4. The topological polar surface area (TPSA) is 23.6 Å². The Balaban J connectivity index is 1.55. The molecule has 0 spiro atoms. The summed E-state index contributed by atoms with van der Waals surface area (Å²) in [7, 11) is 0. The smallest absolute Gasteiger partial charge is 0.338 e. The summed E-state index contributed by atoms with van der Waals surface area (Å²) >= 11 is 1.04. The second-order valence-electron chi connectivity index (χ2n) is 8.03. The van der Waals surface area contributed by atoms with E-state index in [0.29, 0.717) is 18.0 Å². The molecule has 1 saturated carbocycles. The Labute approximate surface area is 183 Å². The van der Waals surface area contributed by atoms with Gasteiger partial charge in [0.1, 0.15) is 11.9 Å². The molecule has 1 aliphatic carbocycles. The van der Waals surface area contributed by atoms with Crippen molar-refractivity contribution < 1.29 is 22.4 Å². The van der Waals surface area contributed by atoms with Gasteiger partial charge in [-0.3, -0.25) is 4.79 Å². The van der Waals surface area contributed by atoms with E-state index in [1.54, 1.807) is 6.92 Å². The molecule has 2 aromatic rings. The van der Waals surface area contributed by atoms with Crippen LogP contribution in [-0.2, 0) is 17.8 Å². The molecule has 1 unspecified atom stereocenters. The minimum absolute atomic E-state index is 0.00224. The number of carbonyl (C=O) groups is 1. The molecular formula is C23H24F4N2OS. The lowest BCUT2D eigenvalue weighted by atomic mass is 9.99. The van der Waals surface area contributed by atoms with Crippen LogP contribution in [0.15, 0.2) is 47.4 Å². The molecule has 166 valence electrons. The average Bonchev–Trinajstić information content (AvgIpc) is 3.58. The highest BCUT2D eigenvalue weighted by molar-refractivity contribution is 7.97. The van der Waals surface area contributed by atoms with Gasteiger partial charge in [-0.2, -0.15) is 13.2 Å². The monoisotopic (exact) mass is 452 g/mol. The lowest BCUT2D eigenvalue weighted by molar-refractivity contribution is -0.172. The first-order chi connectivity index (χ1) is 14.8. The van der Waals surface area contributed by atoms with Gasteiger partial charge in [0.2, 0.25) is 5.91 Å². The molecule has 1 atom stereocenters. The molecule has 31 heavy (non-hydrogen) atoms. The Morgan fingerprint density at radius 3 is 2.48 bits per heavy atom. The third-order valence-electron chi connectivity index (χ3n) is 5.75. The summed E-state index contributed by atoms with van der Waals surface area (Å²) in [6, 6.07) is 8.30. The van der Waals surface area contributed by atoms with E-state index in [1.165, 1.54) is 16.4 Å². The fraction of sp³-hybridized carbons (Fsp3) is 0.435. The van der Waals surface area contributed by atoms with E-state index >= 15 is 0 Å². The molecule has 0 N–H and O–H groups in total. The Hall–Kier alpha value is -2.06. The molecule has 1 fully saturated rings. The Bertz CT molecular complexity index is 944. The van der Waals surface area contributed by atoms with Crippen LogP contribution in [0.4, 0.5) is 17.6 Å². The standard InChI is InChI=1S/C23H24F4N2OS/c1-2-29(21(23(25,26)27)16-5-8-19(24)9-6-16)31-20-10-7-15-11-12-28(14-18(15)13-20)22(30)17-3-4-17/h5-10,13,17,21H,2-4,11-12,14H2,1H3. The van der Waals surface area contributed by atoms with Crippen LogP contribution in [0.5, 0.6) is 0 Å². The zero-order valence-corrected chi connectivity index (χ0v) is 18.0. The number of nitrogens with zero attached hydrogens (tertiary/aromatic N) is 2. The van der Waals surface area contributed by atoms with E-state index in [1.807, 2.05) is 23.1 Å². The highest BCUT2D eigenvalue weighted by Gasteiger charge is 2.45. The van der Waals surface area contributed by atoms with Gasteiger partial charge in [-0.1, -0.05) is 25.1 Å². The maximum Gasteiger partial charge on any atom is 0.408 e. The predicted molar refractivity (Wildman–Crippen MR) is 112 cm³/mol. The summed E-state index contributed by atoms with van der Waals surface area (Å²) in [5.74, 6) is -0.231. The van der Waals surface area contributed by atoms with Crippen LogP contribution in [0.3, 0.4) is 0 Å². The molecule has 2 aliphatic rings. The molecule has 4 rings (SSSR count). The van der Waals surface area contributed by atoms with E-state index in [4.69, 9.17) is 0 Å². The molecule has 8 heteroatoms. The second kappa shape index (κ2) is 8.82. The van der Waals surface area contributed by atoms with Crippen molar-refractivity contribution in [3.8, 4) is 0 Å². The Morgan fingerprint density at radius 1 is 1.16 bits per heavy atom. The number of alkyl halides is 3. The predicted octanol–water partition coefficient (Wildman–Crippen LogP) is 5.75. The van der Waals surface area contributed by atoms with Crippen LogP contribution in [0.2, 0.25) is 0 Å². The van der Waals surface area contributed by atoms with Gasteiger partial charge in [-0.25, -0.2) is 8.70 Å². The molecular weight excluding hydrogens is 428 g/mol. The molecule has 3 nitrogen and oxygen atoms in total. The summed E-state index contributed by atoms with van der Waals surface area (Å²) in [5.41, 5.74) is 2.13. The van der Waals surface area contributed by atoms with Gasteiger partial charge in [0.05, 0.1) is 0 Å². The van der Waals surface area contributed by atoms with Crippen LogP contribution < -0.4 is 0 Å². The van der Waals surface area contributed by atoms with Crippen LogP contribution in [0.25, 0.3) is 0 Å². The van der Waals surface area contributed by atoms with E-state index in [-0.39, 0.29) is 23.9 Å². The quantitative estimate of drug-likeness (QED) is 0.412. The lowest BCUT2D eigenvalue weighted by Gasteiger charge is -2.32. The summed E-state index contributed by atoms with van der Waals surface area (Å²) < 4.78 is 56.4. The SMILES string of the molecule is CCN(Sc1ccc2c(c1)CN(C(=O)C1CC1)CC2)C(c1ccc(F)cc1)C(F)(F)F. The lowest BCUT2D eigenvalue weighted by Crippen LogP contribution is -2.37. The largest absolute Gasteiger partial charge is 0.408 e. The van der Waals surface area contributed by atoms with Crippen LogP contribution in [0.1, 0.15) is 42.5 Å². The second-order valence-corrected chi connectivity index (χ2v) is 9.16. The maximum atomic E-state index is 13.9. The summed E-state index contributed by atoms with van der Waals surface area (Å²) in [5, 5.41) is 0. The number of hydrogen-bond donors (Lipinski definition) is 0. The molecule has 2 aromatic carbocycles. The normalized spacial score (nSPS) is 17.5. The van der Waals surface area contributed by atoms with Crippen molar-refractivity contribution in [2.24, 2.45) is 5.92 Å². The first kappa shape index (κ1) is 22.1. The maximum absolute atomic E-state index is 13.9. The number of rotatable bonds is 6. The summed E-state index contributed by atoms with van der Waals surface area (Å²) in [6.45, 7) is 3.02. The molecule has 0 bridgehead atoms. The Kier molecular flexibility index (Phi) is 6.30. The van der Waals surface area contributed by atoms with E-state index in [2.05, 4.69) is 0 Å². The van der Waals surface area contributed by atoms with Crippen molar-refractivity contribution in [3.63, 3.8) is 0 Å². The van der Waals surface area contributed by atoms with Crippen molar-refractivity contribution in [3.05, 3.63) is 65.0 Å². The minimum atomic E-state index is -4.51. The molecule has 0 saturated heterocycles. The summed E-state index contributed by atoms with van der Waals surface area (Å²) in [6.07, 6.45) is -1.85. The van der Waals surface area contributed by atoms with Gasteiger partial charge >= 0.3 is 6.18 Å². The number of benzene rings is 2. The van der Waals surface area contributed by atoms with E-state index < -0.39 is 18.0 Å². The molecule has 1 heterocycles. The van der Waals surface area contributed by atoms with Crippen LogP contribution in [-0.4, -0.2) is 34.4 Å². The van der Waals surface area contributed by atoms with Gasteiger partial charge in [-0.05, 0) is 72.2 Å². The van der Waals surface area contributed by atoms with Crippen molar-refractivity contribution >= 4 is 17.9 Å². The van der Waals surface area contributed by atoms with Crippen molar-refractivity contribution in [2.45, 2.75) is 49.8 Å². The minimum Gasteiger partial charge on any atom is -0.338 e. The number of carbonyl (C=O) groups excluding carboxylic acids is 1. The van der Waals surface area contributed by atoms with Gasteiger partial charge in [0, 0.05) is 30.4 Å². The first-order valence-electron chi connectivity index (χ1n) is 10.4. The van der Waals surface area contributed by atoms with E-state index in [0.717, 1.165) is 54.5 Å². The zero-order chi connectivity index (χ0) is 22.2. The van der Waals surface area contributed by atoms with Gasteiger partial charge in [0.15, 0.2) is 0 Å². The first-order valence-corrected chi connectivity index (χ1v) is 11.2. The fourth-order valence-corrected chi connectivity index (χ4v) is 5.04. The molecule has 1 aliphatic heterocycles. The van der Waals surface area contributed by atoms with Crippen molar-refractivity contribution in [2.75, 3.05) is 13.1 Å². The molecule has 0 radical (unpaired) electrons. The number of amides is 1. The van der Waals surface area contributed by atoms with Crippen molar-refractivity contribution in [1.82, 2.24) is 9.21 Å². The number of hydrogen-bond acceptors (Lipinski definition) is 3. The molecule has 1 amide bonds. The summed E-state index contributed by atoms with van der Waals surface area (Å²) in [4.78, 5) is 15.0. The van der Waals surface area contributed by atoms with Crippen molar-refractivity contribution in [1.29, 1.82) is 0 Å². The van der Waals surface area contributed by atoms with Crippen LogP contribution in [0, 0.1) is 11.7 Å². The van der Waals surface area contributed by atoms with Gasteiger partial charge < -0.3 is 4.90 Å². The highest BCUT2D eigenvalue weighted by Crippen LogP contribution is 2.43. The zero-order valence-electron chi connectivity index (χ0n) is 17.2. The number of fused-ring (bicyclic) bond motifs is 1. The fourth-order valence-electron chi connectivity index (χ4n) is 3.97. The third-order valence-corrected chi connectivity index (χ3v) is 6.91. The van der Waals surface area contributed by atoms with E-state index in [9.17, 15) is 22.4 Å². The Morgan fingerprint density at radius 2 is 1.87 bits per heavy atom. The highest BCUT2D eigenvalue weighted by atomic mass is 32.2.